The van der Waals surface area contributed by atoms with Crippen LogP contribution in [-0.2, 0) is 10.0 Å². The van der Waals surface area contributed by atoms with Crippen LogP contribution < -0.4 is 4.74 Å². The molecule has 1 fully saturated rings. The molecule has 1 aliphatic rings. The lowest BCUT2D eigenvalue weighted by Gasteiger charge is -2.34. The van der Waals surface area contributed by atoms with Gasteiger partial charge in [-0.05, 0) is 54.8 Å². The molecule has 0 saturated carbocycles. The normalized spacial score (nSPS) is 15.4. The first kappa shape index (κ1) is 22.2. The van der Waals surface area contributed by atoms with E-state index in [1.165, 1.54) is 22.5 Å². The molecule has 1 saturated heterocycles. The Balaban J connectivity index is 1.57. The zero-order chi connectivity index (χ0) is 21.7. The summed E-state index contributed by atoms with van der Waals surface area (Å²) in [6.07, 6.45) is 0.962. The third-order valence-electron chi connectivity index (χ3n) is 5.02. The van der Waals surface area contributed by atoms with E-state index in [1.54, 1.807) is 29.2 Å². The Hall–Kier alpha value is -2.45. The number of halogens is 1. The van der Waals surface area contributed by atoms with Crippen LogP contribution in [0.25, 0.3) is 0 Å². The van der Waals surface area contributed by atoms with Crippen LogP contribution in [-0.4, -0.2) is 56.3 Å². The molecule has 1 heterocycles. The number of amides is 1. The van der Waals surface area contributed by atoms with E-state index in [0.717, 1.165) is 18.2 Å². The van der Waals surface area contributed by atoms with Crippen LogP contribution in [0, 0.1) is 11.7 Å². The topological polar surface area (TPSA) is 66.9 Å². The van der Waals surface area contributed by atoms with E-state index < -0.39 is 15.8 Å². The number of carbonyl (C=O) groups is 1. The number of sulfonamides is 1. The van der Waals surface area contributed by atoms with Gasteiger partial charge in [0, 0.05) is 31.7 Å². The maximum absolute atomic E-state index is 13.4. The second kappa shape index (κ2) is 9.57. The van der Waals surface area contributed by atoms with Crippen LogP contribution in [0.5, 0.6) is 5.75 Å². The van der Waals surface area contributed by atoms with Crippen molar-refractivity contribution in [2.75, 3.05) is 32.8 Å². The summed E-state index contributed by atoms with van der Waals surface area (Å²) in [6.45, 7) is 5.79. The largest absolute Gasteiger partial charge is 0.494 e. The molecule has 8 heteroatoms. The predicted octanol–water partition coefficient (Wildman–Crippen LogP) is 3.40. The first-order valence-corrected chi connectivity index (χ1v) is 11.5. The SMILES string of the molecule is CC(C)CCOc1ccc(C(=O)N2CCN(S(=O)(=O)c3cccc(F)c3)CC2)cc1. The lowest BCUT2D eigenvalue weighted by atomic mass is 10.1. The van der Waals surface area contributed by atoms with E-state index in [-0.39, 0.29) is 37.0 Å². The standard InChI is InChI=1S/C22H27FN2O4S/c1-17(2)10-15-29-20-8-6-18(7-9-20)22(26)24-11-13-25(14-12-24)30(27,28)21-5-3-4-19(23)16-21/h3-9,16-17H,10-15H2,1-2H3. The molecule has 2 aromatic rings. The first-order valence-electron chi connectivity index (χ1n) is 10.1. The summed E-state index contributed by atoms with van der Waals surface area (Å²) in [5.41, 5.74) is 0.535. The third kappa shape index (κ3) is 5.37. The van der Waals surface area contributed by atoms with Crippen molar-refractivity contribution >= 4 is 15.9 Å². The minimum Gasteiger partial charge on any atom is -0.494 e. The van der Waals surface area contributed by atoms with Gasteiger partial charge < -0.3 is 9.64 Å². The molecule has 0 radical (unpaired) electrons. The van der Waals surface area contributed by atoms with Crippen LogP contribution in [0.4, 0.5) is 4.39 Å². The molecule has 0 aromatic heterocycles. The monoisotopic (exact) mass is 434 g/mol. The van der Waals surface area contributed by atoms with E-state index in [9.17, 15) is 17.6 Å². The molecule has 162 valence electrons. The summed E-state index contributed by atoms with van der Waals surface area (Å²) < 4.78 is 45.8. The number of hydrogen-bond acceptors (Lipinski definition) is 4. The van der Waals surface area contributed by atoms with Crippen LogP contribution in [0.15, 0.2) is 53.4 Å². The average Bonchev–Trinajstić information content (AvgIpc) is 2.73. The van der Waals surface area contributed by atoms with Crippen LogP contribution in [0.1, 0.15) is 30.6 Å². The summed E-state index contributed by atoms with van der Waals surface area (Å²) in [7, 11) is -3.78. The molecule has 1 amide bonds. The van der Waals surface area contributed by atoms with E-state index in [0.29, 0.717) is 18.1 Å². The van der Waals surface area contributed by atoms with Crippen molar-refractivity contribution in [1.82, 2.24) is 9.21 Å². The predicted molar refractivity (Wildman–Crippen MR) is 112 cm³/mol. The molecule has 0 bridgehead atoms. The molecular formula is C22H27FN2O4S. The second-order valence-corrected chi connectivity index (χ2v) is 9.65. The Labute approximate surface area is 177 Å². The van der Waals surface area contributed by atoms with Crippen molar-refractivity contribution in [3.05, 3.63) is 59.9 Å². The zero-order valence-corrected chi connectivity index (χ0v) is 18.1. The lowest BCUT2D eigenvalue weighted by Crippen LogP contribution is -2.50. The maximum Gasteiger partial charge on any atom is 0.253 e. The van der Waals surface area contributed by atoms with Crippen molar-refractivity contribution in [3.63, 3.8) is 0 Å². The third-order valence-corrected chi connectivity index (χ3v) is 6.92. The number of rotatable bonds is 7. The van der Waals surface area contributed by atoms with Crippen molar-refractivity contribution in [2.24, 2.45) is 5.92 Å². The van der Waals surface area contributed by atoms with Gasteiger partial charge in [0.15, 0.2) is 0 Å². The van der Waals surface area contributed by atoms with Crippen molar-refractivity contribution in [3.8, 4) is 5.75 Å². The molecule has 6 nitrogen and oxygen atoms in total. The van der Waals surface area contributed by atoms with Crippen LogP contribution in [0.3, 0.4) is 0 Å². The summed E-state index contributed by atoms with van der Waals surface area (Å²) in [4.78, 5) is 14.3. The van der Waals surface area contributed by atoms with Gasteiger partial charge in [-0.1, -0.05) is 19.9 Å². The Morgan fingerprint density at radius 1 is 1.07 bits per heavy atom. The summed E-state index contributed by atoms with van der Waals surface area (Å²) in [5.74, 6) is 0.542. The summed E-state index contributed by atoms with van der Waals surface area (Å²) >= 11 is 0. The fourth-order valence-corrected chi connectivity index (χ4v) is 4.65. The van der Waals surface area contributed by atoms with Crippen LogP contribution in [0.2, 0.25) is 0 Å². The van der Waals surface area contributed by atoms with Gasteiger partial charge in [0.25, 0.3) is 5.91 Å². The van der Waals surface area contributed by atoms with E-state index >= 15 is 0 Å². The minimum absolute atomic E-state index is 0.0738. The van der Waals surface area contributed by atoms with Gasteiger partial charge in [-0.3, -0.25) is 4.79 Å². The van der Waals surface area contributed by atoms with E-state index in [1.807, 2.05) is 0 Å². The Morgan fingerprint density at radius 3 is 2.33 bits per heavy atom. The molecule has 0 N–H and O–H groups in total. The molecule has 1 aliphatic heterocycles. The zero-order valence-electron chi connectivity index (χ0n) is 17.3. The van der Waals surface area contributed by atoms with Gasteiger partial charge in [0.2, 0.25) is 10.0 Å². The van der Waals surface area contributed by atoms with Gasteiger partial charge >= 0.3 is 0 Å². The number of carbonyl (C=O) groups excluding carboxylic acids is 1. The highest BCUT2D eigenvalue weighted by atomic mass is 32.2. The summed E-state index contributed by atoms with van der Waals surface area (Å²) in [5, 5.41) is 0. The number of nitrogens with zero attached hydrogens (tertiary/aromatic N) is 2. The Morgan fingerprint density at radius 2 is 1.73 bits per heavy atom. The smallest absolute Gasteiger partial charge is 0.253 e. The second-order valence-electron chi connectivity index (χ2n) is 7.71. The Bertz CT molecular complexity index is 969. The van der Waals surface area contributed by atoms with Crippen molar-refractivity contribution < 1.29 is 22.3 Å². The average molecular weight is 435 g/mol. The lowest BCUT2D eigenvalue weighted by molar-refractivity contribution is 0.0698. The number of piperazine rings is 1. The van der Waals surface area contributed by atoms with Gasteiger partial charge in [0.05, 0.1) is 11.5 Å². The Kier molecular flexibility index (Phi) is 7.10. The fraction of sp³-hybridized carbons (Fsp3) is 0.409. The number of hydrogen-bond donors (Lipinski definition) is 0. The molecule has 3 rings (SSSR count). The number of benzene rings is 2. The minimum atomic E-state index is -3.78. The van der Waals surface area contributed by atoms with Crippen molar-refractivity contribution in [2.45, 2.75) is 25.2 Å². The molecule has 0 spiro atoms. The van der Waals surface area contributed by atoms with E-state index in [4.69, 9.17) is 4.74 Å². The van der Waals surface area contributed by atoms with Crippen molar-refractivity contribution in [1.29, 1.82) is 0 Å². The van der Waals surface area contributed by atoms with E-state index in [2.05, 4.69) is 13.8 Å². The van der Waals surface area contributed by atoms with Gasteiger partial charge in [-0.2, -0.15) is 4.31 Å². The molecule has 0 atom stereocenters. The highest BCUT2D eigenvalue weighted by Gasteiger charge is 2.30. The van der Waals surface area contributed by atoms with Gasteiger partial charge in [-0.25, -0.2) is 12.8 Å². The molecule has 30 heavy (non-hydrogen) atoms. The number of ether oxygens (including phenoxy) is 1. The first-order chi connectivity index (χ1) is 14.3. The fourth-order valence-electron chi connectivity index (χ4n) is 3.20. The van der Waals surface area contributed by atoms with Gasteiger partial charge in [0.1, 0.15) is 11.6 Å². The maximum atomic E-state index is 13.4. The van der Waals surface area contributed by atoms with Gasteiger partial charge in [-0.15, -0.1) is 0 Å². The molecule has 0 unspecified atom stereocenters. The highest BCUT2D eigenvalue weighted by Crippen LogP contribution is 2.20. The quantitative estimate of drug-likeness (QED) is 0.670. The molecule has 2 aromatic carbocycles. The van der Waals surface area contributed by atoms with Crippen LogP contribution >= 0.6 is 0 Å². The summed E-state index contributed by atoms with van der Waals surface area (Å²) in [6, 6.07) is 12.0. The highest BCUT2D eigenvalue weighted by molar-refractivity contribution is 7.89. The molecule has 0 aliphatic carbocycles. The molecular weight excluding hydrogens is 407 g/mol.